The van der Waals surface area contributed by atoms with Gasteiger partial charge in [-0.25, -0.2) is 0 Å². The van der Waals surface area contributed by atoms with Crippen LogP contribution in [-0.4, -0.2) is 14.5 Å². The van der Waals surface area contributed by atoms with E-state index in [0.717, 1.165) is 34.7 Å². The standard InChI is InChI=1S/C29H30N4/c1-4-5-12-28-22(3)25-19-21(2)13-16-29(25)33(28)24(15-14-23-10-6-8-17-31-23)20-26(30)27-11-7-9-18-32-27/h5-13,15-20H,4,14,30H2,1-3H3/b12-5-,24-15+,26-20-. The van der Waals surface area contributed by atoms with Crippen LogP contribution in [0.2, 0.25) is 0 Å². The molecule has 0 aliphatic rings. The van der Waals surface area contributed by atoms with Crippen LogP contribution >= 0.6 is 0 Å². The Morgan fingerprint density at radius 1 is 1.00 bits per heavy atom. The summed E-state index contributed by atoms with van der Waals surface area (Å²) in [6.07, 6.45) is 13.9. The van der Waals surface area contributed by atoms with Crippen molar-refractivity contribution in [1.82, 2.24) is 14.5 Å². The first kappa shape index (κ1) is 22.3. The number of hydrogen-bond donors (Lipinski definition) is 1. The van der Waals surface area contributed by atoms with Gasteiger partial charge in [-0.05, 0) is 74.4 Å². The fourth-order valence-corrected chi connectivity index (χ4v) is 4.00. The molecular formula is C29H30N4. The van der Waals surface area contributed by atoms with E-state index in [1.54, 1.807) is 6.20 Å². The lowest BCUT2D eigenvalue weighted by atomic mass is 10.1. The second kappa shape index (κ2) is 10.1. The zero-order valence-electron chi connectivity index (χ0n) is 19.5. The Hall–Kier alpha value is -3.92. The number of nitrogens with zero attached hydrogens (tertiary/aromatic N) is 3. The molecule has 2 N–H and O–H groups in total. The number of aryl methyl sites for hydroxylation is 2. The molecule has 0 bridgehead atoms. The molecule has 0 amide bonds. The molecule has 4 nitrogen and oxygen atoms in total. The molecule has 1 aromatic carbocycles. The van der Waals surface area contributed by atoms with Gasteiger partial charge in [-0.3, -0.25) is 9.97 Å². The van der Waals surface area contributed by atoms with Crippen molar-refractivity contribution in [3.8, 4) is 0 Å². The first-order valence-electron chi connectivity index (χ1n) is 11.4. The van der Waals surface area contributed by atoms with Crippen LogP contribution in [-0.2, 0) is 6.42 Å². The quantitative estimate of drug-likeness (QED) is 0.335. The van der Waals surface area contributed by atoms with E-state index in [-0.39, 0.29) is 0 Å². The molecule has 4 heteroatoms. The van der Waals surface area contributed by atoms with Gasteiger partial charge in [0.15, 0.2) is 0 Å². The lowest BCUT2D eigenvalue weighted by Gasteiger charge is -2.13. The van der Waals surface area contributed by atoms with Crippen LogP contribution in [0.25, 0.3) is 28.4 Å². The Kier molecular flexibility index (Phi) is 6.84. The SMILES string of the molecule is CC/C=C\c1c(C)c2cc(C)ccc2n1C(/C=C(\N)c1ccccn1)=C/Cc1ccccn1. The number of allylic oxidation sites excluding steroid dienone is 4. The van der Waals surface area contributed by atoms with Gasteiger partial charge in [0.25, 0.3) is 0 Å². The van der Waals surface area contributed by atoms with Crippen LogP contribution in [0, 0.1) is 13.8 Å². The van der Waals surface area contributed by atoms with Gasteiger partial charge >= 0.3 is 0 Å². The van der Waals surface area contributed by atoms with Crippen molar-refractivity contribution in [2.45, 2.75) is 33.6 Å². The number of benzene rings is 1. The van der Waals surface area contributed by atoms with Gasteiger partial charge < -0.3 is 10.3 Å². The molecule has 0 fully saturated rings. The van der Waals surface area contributed by atoms with E-state index in [1.165, 1.54) is 16.5 Å². The van der Waals surface area contributed by atoms with Crippen LogP contribution in [0.4, 0.5) is 0 Å². The summed E-state index contributed by atoms with van der Waals surface area (Å²) in [5.41, 5.74) is 14.8. The highest BCUT2D eigenvalue weighted by molar-refractivity contribution is 5.93. The average Bonchev–Trinajstić information content (AvgIpc) is 3.12. The maximum atomic E-state index is 6.54. The summed E-state index contributed by atoms with van der Waals surface area (Å²) in [4.78, 5) is 8.94. The normalized spacial score (nSPS) is 12.7. The molecule has 0 aliphatic heterocycles. The summed E-state index contributed by atoms with van der Waals surface area (Å²) in [5, 5.41) is 1.25. The third-order valence-corrected chi connectivity index (χ3v) is 5.70. The minimum Gasteiger partial charge on any atom is -0.397 e. The average molecular weight is 435 g/mol. The highest BCUT2D eigenvalue weighted by Gasteiger charge is 2.15. The molecule has 0 saturated heterocycles. The third-order valence-electron chi connectivity index (χ3n) is 5.70. The summed E-state index contributed by atoms with van der Waals surface area (Å²) in [5.74, 6) is 0. The number of nitrogens with two attached hydrogens (primary N) is 1. The lowest BCUT2D eigenvalue weighted by Crippen LogP contribution is -2.04. The molecule has 0 radical (unpaired) electrons. The largest absolute Gasteiger partial charge is 0.397 e. The fraction of sp³-hybridized carbons (Fsp3) is 0.172. The van der Waals surface area contributed by atoms with Crippen molar-refractivity contribution >= 4 is 28.4 Å². The van der Waals surface area contributed by atoms with Crippen molar-refractivity contribution in [2.24, 2.45) is 5.73 Å². The van der Waals surface area contributed by atoms with E-state index in [1.807, 2.05) is 48.7 Å². The molecule has 0 saturated carbocycles. The Labute approximate surface area is 195 Å². The Morgan fingerprint density at radius 3 is 2.48 bits per heavy atom. The summed E-state index contributed by atoms with van der Waals surface area (Å²) in [6, 6.07) is 18.4. The lowest BCUT2D eigenvalue weighted by molar-refractivity contribution is 1.08. The van der Waals surface area contributed by atoms with E-state index < -0.39 is 0 Å². The number of hydrogen-bond acceptors (Lipinski definition) is 3. The number of aromatic nitrogens is 3. The van der Waals surface area contributed by atoms with Gasteiger partial charge in [-0.1, -0.05) is 42.8 Å². The second-order valence-corrected chi connectivity index (χ2v) is 8.15. The van der Waals surface area contributed by atoms with Gasteiger partial charge in [0.1, 0.15) is 0 Å². The molecule has 166 valence electrons. The van der Waals surface area contributed by atoms with Gasteiger partial charge in [-0.2, -0.15) is 0 Å². The van der Waals surface area contributed by atoms with Gasteiger partial charge in [0.2, 0.25) is 0 Å². The van der Waals surface area contributed by atoms with Crippen molar-refractivity contribution in [1.29, 1.82) is 0 Å². The molecule has 4 rings (SSSR count). The number of pyridine rings is 2. The van der Waals surface area contributed by atoms with Gasteiger partial charge in [-0.15, -0.1) is 0 Å². The van der Waals surface area contributed by atoms with E-state index in [0.29, 0.717) is 12.1 Å². The van der Waals surface area contributed by atoms with Gasteiger partial charge in [0.05, 0.1) is 16.9 Å². The highest BCUT2D eigenvalue weighted by atomic mass is 15.0. The van der Waals surface area contributed by atoms with Gasteiger partial charge in [0, 0.05) is 41.3 Å². The molecule has 4 aromatic rings. The maximum absolute atomic E-state index is 6.54. The molecule has 0 spiro atoms. The van der Waals surface area contributed by atoms with E-state index in [9.17, 15) is 0 Å². The number of rotatable bonds is 7. The molecule has 0 aliphatic carbocycles. The summed E-state index contributed by atoms with van der Waals surface area (Å²) in [7, 11) is 0. The first-order chi connectivity index (χ1) is 16.1. The molecule has 0 unspecified atom stereocenters. The van der Waals surface area contributed by atoms with E-state index in [2.05, 4.69) is 71.7 Å². The molecule has 3 heterocycles. The van der Waals surface area contributed by atoms with Crippen LogP contribution in [0.5, 0.6) is 0 Å². The minimum atomic E-state index is 0.625. The monoisotopic (exact) mass is 434 g/mol. The van der Waals surface area contributed by atoms with E-state index in [4.69, 9.17) is 5.73 Å². The highest BCUT2D eigenvalue weighted by Crippen LogP contribution is 2.32. The Balaban J connectivity index is 1.94. The zero-order valence-corrected chi connectivity index (χ0v) is 19.5. The molecule has 3 aromatic heterocycles. The topological polar surface area (TPSA) is 56.7 Å². The predicted octanol–water partition coefficient (Wildman–Crippen LogP) is 6.55. The van der Waals surface area contributed by atoms with Crippen LogP contribution in [0.3, 0.4) is 0 Å². The smallest absolute Gasteiger partial charge is 0.0859 e. The van der Waals surface area contributed by atoms with E-state index >= 15 is 0 Å². The Bertz CT molecular complexity index is 1330. The molecule has 33 heavy (non-hydrogen) atoms. The number of fused-ring (bicyclic) bond motifs is 1. The van der Waals surface area contributed by atoms with Crippen LogP contribution in [0.1, 0.15) is 41.6 Å². The van der Waals surface area contributed by atoms with Crippen molar-refractivity contribution in [3.63, 3.8) is 0 Å². The zero-order chi connectivity index (χ0) is 23.2. The molecule has 0 atom stereocenters. The fourth-order valence-electron chi connectivity index (χ4n) is 4.00. The maximum Gasteiger partial charge on any atom is 0.0859 e. The Morgan fingerprint density at radius 2 is 1.79 bits per heavy atom. The predicted molar refractivity (Wildman–Crippen MR) is 139 cm³/mol. The second-order valence-electron chi connectivity index (χ2n) is 8.15. The van der Waals surface area contributed by atoms with Crippen molar-refractivity contribution in [3.05, 3.63) is 113 Å². The summed E-state index contributed by atoms with van der Waals surface area (Å²) < 4.78 is 2.30. The van der Waals surface area contributed by atoms with Crippen LogP contribution < -0.4 is 5.73 Å². The first-order valence-corrected chi connectivity index (χ1v) is 11.4. The van der Waals surface area contributed by atoms with Crippen LogP contribution in [0.15, 0.2) is 85.2 Å². The third kappa shape index (κ3) is 4.96. The van der Waals surface area contributed by atoms with Crippen molar-refractivity contribution in [2.75, 3.05) is 0 Å². The summed E-state index contributed by atoms with van der Waals surface area (Å²) in [6.45, 7) is 6.48. The summed E-state index contributed by atoms with van der Waals surface area (Å²) >= 11 is 0. The van der Waals surface area contributed by atoms with Crippen molar-refractivity contribution < 1.29 is 0 Å². The minimum absolute atomic E-state index is 0.625. The molecular weight excluding hydrogens is 404 g/mol.